The number of hydrogen-bond acceptors (Lipinski definition) is 5. The Morgan fingerprint density at radius 2 is 2.25 bits per heavy atom. The Labute approximate surface area is 120 Å². The summed E-state index contributed by atoms with van der Waals surface area (Å²) >= 11 is 1.42. The number of rotatable bonds is 5. The van der Waals surface area contributed by atoms with Crippen molar-refractivity contribution >= 4 is 28.1 Å². The van der Waals surface area contributed by atoms with E-state index >= 15 is 0 Å². The normalized spacial score (nSPS) is 10.3. The molecule has 20 heavy (non-hydrogen) atoms. The highest BCUT2D eigenvalue weighted by Gasteiger charge is 2.06. The molecule has 0 amide bonds. The number of aryl methyl sites for hydroxylation is 2. The van der Waals surface area contributed by atoms with Crippen LogP contribution in [0.2, 0.25) is 0 Å². The van der Waals surface area contributed by atoms with Crippen LogP contribution < -0.4 is 5.32 Å². The number of halogens is 1. The van der Waals surface area contributed by atoms with Gasteiger partial charge in [0.15, 0.2) is 5.13 Å². The number of nitrogens with one attached hydrogen (secondary N) is 1. The van der Waals surface area contributed by atoms with Crippen molar-refractivity contribution in [1.29, 1.82) is 0 Å². The van der Waals surface area contributed by atoms with Gasteiger partial charge < -0.3 is 10.1 Å². The van der Waals surface area contributed by atoms with Crippen LogP contribution in [0.3, 0.4) is 0 Å². The number of methoxy groups -OCH3 is 1. The molecule has 0 aliphatic carbocycles. The van der Waals surface area contributed by atoms with Gasteiger partial charge in [-0.15, -0.1) is 11.3 Å². The molecular formula is C14H15FN2O2S. The van der Waals surface area contributed by atoms with E-state index in [9.17, 15) is 9.18 Å². The maximum absolute atomic E-state index is 13.3. The standard InChI is InChI=1S/C14H15FN2O2S/c1-9-5-10(15)7-12(6-9)17-14-16-11(8-20-14)3-4-13(18)19-2/h5-8H,3-4H2,1-2H3,(H,16,17). The van der Waals surface area contributed by atoms with Crippen LogP contribution in [0.5, 0.6) is 0 Å². The van der Waals surface area contributed by atoms with Gasteiger partial charge >= 0.3 is 5.97 Å². The quantitative estimate of drug-likeness (QED) is 0.858. The van der Waals surface area contributed by atoms with Crippen molar-refractivity contribution in [1.82, 2.24) is 4.98 Å². The van der Waals surface area contributed by atoms with Crippen molar-refractivity contribution in [2.45, 2.75) is 19.8 Å². The lowest BCUT2D eigenvalue weighted by atomic mass is 10.2. The number of ether oxygens (including phenoxy) is 1. The van der Waals surface area contributed by atoms with Gasteiger partial charge in [-0.3, -0.25) is 4.79 Å². The SMILES string of the molecule is COC(=O)CCc1csc(Nc2cc(C)cc(F)c2)n1. The summed E-state index contributed by atoms with van der Waals surface area (Å²) in [7, 11) is 1.36. The molecule has 0 radical (unpaired) electrons. The Kier molecular flexibility index (Phi) is 4.68. The van der Waals surface area contributed by atoms with Crippen molar-refractivity contribution in [3.63, 3.8) is 0 Å². The Bertz CT molecular complexity index is 593. The summed E-state index contributed by atoms with van der Waals surface area (Å²) in [5.74, 6) is -0.539. The first-order chi connectivity index (χ1) is 9.56. The number of aromatic nitrogens is 1. The second kappa shape index (κ2) is 6.47. The number of nitrogens with zero attached hydrogens (tertiary/aromatic N) is 1. The van der Waals surface area contributed by atoms with Crippen LogP contribution in [0.15, 0.2) is 23.6 Å². The van der Waals surface area contributed by atoms with E-state index in [4.69, 9.17) is 0 Å². The summed E-state index contributed by atoms with van der Waals surface area (Å²) in [4.78, 5) is 15.4. The highest BCUT2D eigenvalue weighted by Crippen LogP contribution is 2.23. The summed E-state index contributed by atoms with van der Waals surface area (Å²) in [6.45, 7) is 1.83. The molecule has 4 nitrogen and oxygen atoms in total. The van der Waals surface area contributed by atoms with E-state index in [0.29, 0.717) is 23.7 Å². The molecule has 0 fully saturated rings. The van der Waals surface area contributed by atoms with E-state index in [1.807, 2.05) is 18.4 Å². The fourth-order valence-corrected chi connectivity index (χ4v) is 2.51. The fraction of sp³-hybridized carbons (Fsp3) is 0.286. The molecule has 2 aromatic rings. The molecule has 1 heterocycles. The first kappa shape index (κ1) is 14.5. The molecule has 6 heteroatoms. The molecule has 0 aliphatic rings. The minimum atomic E-state index is -0.282. The van der Waals surface area contributed by atoms with Crippen molar-refractivity contribution in [2.75, 3.05) is 12.4 Å². The summed E-state index contributed by atoms with van der Waals surface area (Å²) < 4.78 is 17.9. The lowest BCUT2D eigenvalue weighted by Gasteiger charge is -2.04. The molecule has 1 aromatic heterocycles. The average molecular weight is 294 g/mol. The van der Waals surface area contributed by atoms with Crippen LogP contribution >= 0.6 is 11.3 Å². The maximum atomic E-state index is 13.3. The van der Waals surface area contributed by atoms with E-state index in [1.54, 1.807) is 0 Å². The minimum absolute atomic E-state index is 0.256. The number of hydrogen-bond donors (Lipinski definition) is 1. The molecule has 0 saturated heterocycles. The van der Waals surface area contributed by atoms with Gasteiger partial charge in [0.2, 0.25) is 0 Å². The van der Waals surface area contributed by atoms with Crippen LogP contribution in [0.25, 0.3) is 0 Å². The Hall–Kier alpha value is -1.95. The highest BCUT2D eigenvalue weighted by molar-refractivity contribution is 7.13. The Morgan fingerprint density at radius 1 is 1.45 bits per heavy atom. The lowest BCUT2D eigenvalue weighted by Crippen LogP contribution is -2.02. The Morgan fingerprint density at radius 3 is 2.95 bits per heavy atom. The van der Waals surface area contributed by atoms with Crippen molar-refractivity contribution in [2.24, 2.45) is 0 Å². The summed E-state index contributed by atoms with van der Waals surface area (Å²) in [6.07, 6.45) is 0.839. The van der Waals surface area contributed by atoms with Crippen molar-refractivity contribution < 1.29 is 13.9 Å². The molecule has 0 atom stereocenters. The van der Waals surface area contributed by atoms with Crippen molar-refractivity contribution in [3.05, 3.63) is 40.7 Å². The van der Waals surface area contributed by atoms with Crippen LogP contribution in [-0.4, -0.2) is 18.1 Å². The number of anilines is 2. The van der Waals surface area contributed by atoms with E-state index < -0.39 is 0 Å². The molecule has 0 spiro atoms. The third kappa shape index (κ3) is 4.03. The highest BCUT2D eigenvalue weighted by atomic mass is 32.1. The van der Waals surface area contributed by atoms with Gasteiger partial charge in [0.1, 0.15) is 5.82 Å². The third-order valence-corrected chi connectivity index (χ3v) is 3.46. The van der Waals surface area contributed by atoms with Crippen LogP contribution in [0.4, 0.5) is 15.2 Å². The zero-order valence-corrected chi connectivity index (χ0v) is 12.1. The van der Waals surface area contributed by atoms with Gasteiger partial charge in [-0.1, -0.05) is 0 Å². The lowest BCUT2D eigenvalue weighted by molar-refractivity contribution is -0.140. The average Bonchev–Trinajstić information content (AvgIpc) is 2.82. The number of carbonyl (C=O) groups excluding carboxylic acids is 1. The smallest absolute Gasteiger partial charge is 0.305 e. The number of esters is 1. The topological polar surface area (TPSA) is 51.2 Å². The molecular weight excluding hydrogens is 279 g/mol. The first-order valence-corrected chi connectivity index (χ1v) is 7.00. The van der Waals surface area contributed by atoms with E-state index in [-0.39, 0.29) is 11.8 Å². The molecule has 106 valence electrons. The van der Waals surface area contributed by atoms with Gasteiger partial charge in [0.05, 0.1) is 19.2 Å². The van der Waals surface area contributed by atoms with Gasteiger partial charge in [-0.05, 0) is 30.7 Å². The molecule has 0 unspecified atom stereocenters. The predicted molar refractivity (Wildman–Crippen MR) is 76.9 cm³/mol. The summed E-state index contributed by atoms with van der Waals surface area (Å²) in [6, 6.07) is 4.73. The van der Waals surface area contributed by atoms with Gasteiger partial charge in [0.25, 0.3) is 0 Å². The summed E-state index contributed by atoms with van der Waals surface area (Å²) in [5.41, 5.74) is 2.32. The number of benzene rings is 1. The molecule has 1 aromatic carbocycles. The fourth-order valence-electron chi connectivity index (χ4n) is 1.74. The zero-order chi connectivity index (χ0) is 14.5. The Balaban J connectivity index is 2.00. The molecule has 0 aliphatic heterocycles. The predicted octanol–water partition coefficient (Wildman–Crippen LogP) is 3.44. The summed E-state index contributed by atoms with van der Waals surface area (Å²) in [5, 5.41) is 5.61. The van der Waals surface area contributed by atoms with Gasteiger partial charge in [-0.25, -0.2) is 9.37 Å². The largest absolute Gasteiger partial charge is 0.469 e. The van der Waals surface area contributed by atoms with Crippen LogP contribution in [-0.2, 0) is 16.0 Å². The second-order valence-corrected chi connectivity index (χ2v) is 5.22. The second-order valence-electron chi connectivity index (χ2n) is 4.36. The molecule has 0 saturated carbocycles. The van der Waals surface area contributed by atoms with Crippen LogP contribution in [0.1, 0.15) is 17.7 Å². The maximum Gasteiger partial charge on any atom is 0.305 e. The van der Waals surface area contributed by atoms with Gasteiger partial charge in [-0.2, -0.15) is 0 Å². The van der Waals surface area contributed by atoms with Crippen molar-refractivity contribution in [3.8, 4) is 0 Å². The minimum Gasteiger partial charge on any atom is -0.469 e. The molecule has 0 bridgehead atoms. The van der Waals surface area contributed by atoms with E-state index in [1.165, 1.54) is 30.6 Å². The molecule has 1 N–H and O–H groups in total. The number of carbonyl (C=O) groups is 1. The van der Waals surface area contributed by atoms with E-state index in [2.05, 4.69) is 15.0 Å². The van der Waals surface area contributed by atoms with Crippen LogP contribution in [0, 0.1) is 12.7 Å². The zero-order valence-electron chi connectivity index (χ0n) is 11.3. The number of thiazole rings is 1. The molecule has 2 rings (SSSR count). The van der Waals surface area contributed by atoms with E-state index in [0.717, 1.165) is 11.3 Å². The van der Waals surface area contributed by atoms with Gasteiger partial charge in [0, 0.05) is 17.5 Å². The monoisotopic (exact) mass is 294 g/mol. The third-order valence-electron chi connectivity index (χ3n) is 2.66. The first-order valence-electron chi connectivity index (χ1n) is 6.12.